The number of hydrogen-bond acceptors (Lipinski definition) is 4. The third kappa shape index (κ3) is 2.12. The summed E-state index contributed by atoms with van der Waals surface area (Å²) in [6.45, 7) is 3.06. The summed E-state index contributed by atoms with van der Waals surface area (Å²) >= 11 is 0. The van der Waals surface area contributed by atoms with E-state index in [1.807, 2.05) is 0 Å². The number of fused-ring (bicyclic) bond motifs is 1. The van der Waals surface area contributed by atoms with Crippen molar-refractivity contribution in [1.82, 2.24) is 15.2 Å². The summed E-state index contributed by atoms with van der Waals surface area (Å²) in [7, 11) is 0. The number of pyridine rings is 1. The van der Waals surface area contributed by atoms with Gasteiger partial charge in [0, 0.05) is 18.3 Å². The number of rotatable bonds is 3. The van der Waals surface area contributed by atoms with E-state index in [2.05, 4.69) is 17.2 Å². The van der Waals surface area contributed by atoms with E-state index in [4.69, 9.17) is 0 Å². The zero-order valence-corrected chi connectivity index (χ0v) is 11.6. The van der Waals surface area contributed by atoms with E-state index >= 15 is 0 Å². The van der Waals surface area contributed by atoms with Crippen molar-refractivity contribution in [2.75, 3.05) is 6.54 Å². The summed E-state index contributed by atoms with van der Waals surface area (Å²) in [6.07, 6.45) is 5.35. The van der Waals surface area contributed by atoms with Gasteiger partial charge in [0.2, 0.25) is 0 Å². The van der Waals surface area contributed by atoms with E-state index in [0.29, 0.717) is 17.3 Å². The highest BCUT2D eigenvalue weighted by Gasteiger charge is 2.41. The van der Waals surface area contributed by atoms with E-state index in [1.165, 1.54) is 4.90 Å². The summed E-state index contributed by atoms with van der Waals surface area (Å²) < 4.78 is 0. The summed E-state index contributed by atoms with van der Waals surface area (Å²) in [4.78, 5) is 30.2. The van der Waals surface area contributed by atoms with Gasteiger partial charge in [-0.15, -0.1) is 0 Å². The minimum Gasteiger partial charge on any atom is -0.314 e. The van der Waals surface area contributed by atoms with Gasteiger partial charge in [-0.2, -0.15) is 0 Å². The Bertz CT molecular complexity index is 501. The van der Waals surface area contributed by atoms with Crippen LogP contribution in [0, 0.1) is 0 Å². The monoisotopic (exact) mass is 273 g/mol. The van der Waals surface area contributed by atoms with Gasteiger partial charge in [-0.1, -0.05) is 6.92 Å². The van der Waals surface area contributed by atoms with Crippen molar-refractivity contribution in [1.29, 1.82) is 0 Å². The third-order valence-corrected chi connectivity index (χ3v) is 4.23. The van der Waals surface area contributed by atoms with Gasteiger partial charge in [-0.3, -0.25) is 19.5 Å². The molecule has 5 nitrogen and oxygen atoms in total. The molecular formula is C15H19N3O2. The number of hydrogen-bond donors (Lipinski definition) is 1. The molecule has 1 aromatic heterocycles. The molecule has 0 radical (unpaired) electrons. The molecule has 5 heteroatoms. The van der Waals surface area contributed by atoms with Crippen LogP contribution in [0.3, 0.4) is 0 Å². The van der Waals surface area contributed by atoms with Crippen LogP contribution in [0.4, 0.5) is 0 Å². The first kappa shape index (κ1) is 13.2. The van der Waals surface area contributed by atoms with Crippen molar-refractivity contribution < 1.29 is 9.59 Å². The van der Waals surface area contributed by atoms with Crippen molar-refractivity contribution in [2.24, 2.45) is 0 Å². The average Bonchev–Trinajstić information content (AvgIpc) is 2.73. The smallest absolute Gasteiger partial charge is 0.280 e. The van der Waals surface area contributed by atoms with Crippen LogP contribution in [0.15, 0.2) is 18.3 Å². The maximum Gasteiger partial charge on any atom is 0.280 e. The maximum absolute atomic E-state index is 12.4. The van der Waals surface area contributed by atoms with E-state index in [1.54, 1.807) is 18.3 Å². The van der Waals surface area contributed by atoms with Gasteiger partial charge in [0.25, 0.3) is 11.8 Å². The molecule has 1 N–H and O–H groups in total. The maximum atomic E-state index is 12.4. The summed E-state index contributed by atoms with van der Waals surface area (Å²) in [6, 6.07) is 3.94. The molecule has 0 bridgehead atoms. The predicted molar refractivity (Wildman–Crippen MR) is 74.5 cm³/mol. The molecule has 2 aliphatic rings. The first-order valence-corrected chi connectivity index (χ1v) is 7.28. The van der Waals surface area contributed by atoms with Crippen LogP contribution in [-0.2, 0) is 0 Å². The van der Waals surface area contributed by atoms with Crippen LogP contribution < -0.4 is 5.32 Å². The zero-order valence-electron chi connectivity index (χ0n) is 11.6. The Kier molecular flexibility index (Phi) is 3.53. The molecule has 0 saturated heterocycles. The average molecular weight is 273 g/mol. The lowest BCUT2D eigenvalue weighted by atomic mass is 9.90. The molecule has 1 aromatic rings. The highest BCUT2D eigenvalue weighted by atomic mass is 16.2. The molecule has 0 aromatic carbocycles. The van der Waals surface area contributed by atoms with Crippen LogP contribution in [-0.4, -0.2) is 40.3 Å². The van der Waals surface area contributed by atoms with E-state index < -0.39 is 0 Å². The first-order chi connectivity index (χ1) is 9.72. The van der Waals surface area contributed by atoms with E-state index in [9.17, 15) is 9.59 Å². The van der Waals surface area contributed by atoms with Crippen molar-refractivity contribution in [3.8, 4) is 0 Å². The number of carbonyl (C=O) groups is 2. The molecule has 2 amide bonds. The van der Waals surface area contributed by atoms with Gasteiger partial charge in [0.15, 0.2) is 0 Å². The van der Waals surface area contributed by atoms with E-state index in [-0.39, 0.29) is 17.9 Å². The molecule has 0 spiro atoms. The quantitative estimate of drug-likeness (QED) is 0.850. The van der Waals surface area contributed by atoms with Gasteiger partial charge in [-0.05, 0) is 44.4 Å². The number of aromatic nitrogens is 1. The molecule has 2 heterocycles. The third-order valence-electron chi connectivity index (χ3n) is 4.23. The minimum atomic E-state index is -0.225. The van der Waals surface area contributed by atoms with Gasteiger partial charge in [0.1, 0.15) is 5.69 Å². The number of imide groups is 1. The molecule has 106 valence electrons. The number of nitrogens with zero attached hydrogens (tertiary/aromatic N) is 2. The molecular weight excluding hydrogens is 254 g/mol. The predicted octanol–water partition coefficient (Wildman–Crippen LogP) is 1.60. The Labute approximate surface area is 118 Å². The fourth-order valence-corrected chi connectivity index (χ4v) is 3.24. The Morgan fingerprint density at radius 2 is 2.00 bits per heavy atom. The van der Waals surface area contributed by atoms with Crippen LogP contribution >= 0.6 is 0 Å². The second-order valence-corrected chi connectivity index (χ2v) is 5.44. The van der Waals surface area contributed by atoms with Crippen LogP contribution in [0.1, 0.15) is 53.5 Å². The molecule has 0 atom stereocenters. The van der Waals surface area contributed by atoms with Gasteiger partial charge in [-0.25, -0.2) is 0 Å². The van der Waals surface area contributed by atoms with Crippen molar-refractivity contribution in [3.05, 3.63) is 29.6 Å². The Balaban J connectivity index is 1.74. The van der Waals surface area contributed by atoms with Crippen molar-refractivity contribution >= 4 is 11.8 Å². The number of carbonyl (C=O) groups excluding carboxylic acids is 2. The fraction of sp³-hybridized carbons (Fsp3) is 0.533. The summed E-state index contributed by atoms with van der Waals surface area (Å²) in [5.41, 5.74) is 0.762. The topological polar surface area (TPSA) is 62.3 Å². The lowest BCUT2D eigenvalue weighted by molar-refractivity contribution is 0.0536. The SMILES string of the molecule is CCNC1CCC(N2C(=O)c3cccnc3C2=O)CC1. The molecule has 3 rings (SSSR count). The zero-order chi connectivity index (χ0) is 14.1. The van der Waals surface area contributed by atoms with Gasteiger partial charge in [0.05, 0.1) is 5.56 Å². The lowest BCUT2D eigenvalue weighted by Gasteiger charge is -2.33. The van der Waals surface area contributed by atoms with Gasteiger partial charge >= 0.3 is 0 Å². The normalized spacial score (nSPS) is 25.9. The molecule has 1 aliphatic carbocycles. The Morgan fingerprint density at radius 3 is 2.65 bits per heavy atom. The lowest BCUT2D eigenvalue weighted by Crippen LogP contribution is -2.45. The molecule has 20 heavy (non-hydrogen) atoms. The highest BCUT2D eigenvalue weighted by molar-refractivity contribution is 6.20. The van der Waals surface area contributed by atoms with Crippen LogP contribution in [0.2, 0.25) is 0 Å². The minimum absolute atomic E-state index is 0.0270. The molecule has 1 aliphatic heterocycles. The molecule has 0 unspecified atom stereocenters. The second-order valence-electron chi connectivity index (χ2n) is 5.44. The fourth-order valence-electron chi connectivity index (χ4n) is 3.24. The molecule has 1 fully saturated rings. The Hall–Kier alpha value is -1.75. The number of nitrogens with one attached hydrogen (secondary N) is 1. The highest BCUT2D eigenvalue weighted by Crippen LogP contribution is 2.30. The van der Waals surface area contributed by atoms with Crippen molar-refractivity contribution in [2.45, 2.75) is 44.7 Å². The Morgan fingerprint density at radius 1 is 1.25 bits per heavy atom. The van der Waals surface area contributed by atoms with Crippen molar-refractivity contribution in [3.63, 3.8) is 0 Å². The first-order valence-electron chi connectivity index (χ1n) is 7.28. The summed E-state index contributed by atoms with van der Waals surface area (Å²) in [5, 5.41) is 3.43. The van der Waals surface area contributed by atoms with Crippen LogP contribution in [0.5, 0.6) is 0 Å². The standard InChI is InChI=1S/C15H19N3O2/c1-2-16-10-5-7-11(8-6-10)18-14(19)12-4-3-9-17-13(12)15(18)20/h3-4,9-11,16H,2,5-8H2,1H3. The van der Waals surface area contributed by atoms with Crippen LogP contribution in [0.25, 0.3) is 0 Å². The van der Waals surface area contributed by atoms with Gasteiger partial charge < -0.3 is 5.32 Å². The largest absolute Gasteiger partial charge is 0.314 e. The van der Waals surface area contributed by atoms with E-state index in [0.717, 1.165) is 32.2 Å². The molecule has 1 saturated carbocycles. The number of amides is 2. The second kappa shape index (κ2) is 5.32. The summed E-state index contributed by atoms with van der Waals surface area (Å²) in [5.74, 6) is -0.400.